The molecule has 0 aromatic rings. The summed E-state index contributed by atoms with van der Waals surface area (Å²) < 4.78 is 9.50. The van der Waals surface area contributed by atoms with Gasteiger partial charge in [0.1, 0.15) is 0 Å². The van der Waals surface area contributed by atoms with Crippen molar-refractivity contribution < 1.29 is 4.39 Å². The van der Waals surface area contributed by atoms with Crippen LogP contribution in [0.4, 0.5) is 4.39 Å². The zero-order valence-electron chi connectivity index (χ0n) is 7.89. The lowest BCUT2D eigenvalue weighted by Crippen LogP contribution is -2.53. The standard InChI is InChI=1S/C7H16N2.CH3F/c1-6-7(2)9(3)5-4-8-6;1-2/h6-8H,4-5H2,1-3H3;1H3. The zero-order chi connectivity index (χ0) is 8.85. The SMILES string of the molecule is CC1NCCN(C)C1C.CF. The minimum absolute atomic E-state index is 0.500. The number of alkyl halides is 1. The van der Waals surface area contributed by atoms with Crippen molar-refractivity contribution in [2.45, 2.75) is 25.9 Å². The van der Waals surface area contributed by atoms with Crippen molar-refractivity contribution in [1.29, 1.82) is 0 Å². The van der Waals surface area contributed by atoms with Gasteiger partial charge in [-0.05, 0) is 20.9 Å². The molecule has 68 valence electrons. The molecular formula is C8H19FN2. The summed E-state index contributed by atoms with van der Waals surface area (Å²) in [7, 11) is 2.68. The van der Waals surface area contributed by atoms with Crippen LogP contribution in [0.1, 0.15) is 13.8 Å². The van der Waals surface area contributed by atoms with Crippen LogP contribution in [0.3, 0.4) is 0 Å². The van der Waals surface area contributed by atoms with E-state index >= 15 is 0 Å². The molecule has 1 rings (SSSR count). The average Bonchev–Trinajstić information content (AvgIpc) is 2.04. The van der Waals surface area contributed by atoms with E-state index in [1.54, 1.807) is 0 Å². The van der Waals surface area contributed by atoms with Crippen LogP contribution in [0.25, 0.3) is 0 Å². The highest BCUT2D eigenvalue weighted by molar-refractivity contribution is 4.80. The molecule has 0 aromatic heterocycles. The number of rotatable bonds is 0. The van der Waals surface area contributed by atoms with Gasteiger partial charge in [0.2, 0.25) is 0 Å². The number of nitrogens with zero attached hydrogens (tertiary/aromatic N) is 1. The predicted octanol–water partition coefficient (Wildman–Crippen LogP) is 0.884. The van der Waals surface area contributed by atoms with Crippen LogP contribution >= 0.6 is 0 Å². The van der Waals surface area contributed by atoms with E-state index in [2.05, 4.69) is 31.1 Å². The summed E-state index contributed by atoms with van der Waals surface area (Å²) in [6, 6.07) is 1.35. The van der Waals surface area contributed by atoms with Crippen LogP contribution in [-0.4, -0.2) is 44.3 Å². The smallest absolute Gasteiger partial charge is 0.0785 e. The lowest BCUT2D eigenvalue weighted by molar-refractivity contribution is 0.172. The Morgan fingerprint density at radius 1 is 1.36 bits per heavy atom. The normalized spacial score (nSPS) is 32.5. The van der Waals surface area contributed by atoms with Crippen LogP contribution in [-0.2, 0) is 0 Å². The first-order valence-electron chi connectivity index (χ1n) is 4.03. The van der Waals surface area contributed by atoms with Crippen molar-refractivity contribution in [3.63, 3.8) is 0 Å². The van der Waals surface area contributed by atoms with E-state index in [1.165, 1.54) is 6.54 Å². The van der Waals surface area contributed by atoms with Crippen LogP contribution in [0.2, 0.25) is 0 Å². The fraction of sp³-hybridized carbons (Fsp3) is 1.00. The average molecular weight is 162 g/mol. The Balaban J connectivity index is 0.000000461. The maximum absolute atomic E-state index is 9.50. The summed E-state index contributed by atoms with van der Waals surface area (Å²) >= 11 is 0. The third-order valence-corrected chi connectivity index (χ3v) is 2.35. The molecular weight excluding hydrogens is 143 g/mol. The Hall–Kier alpha value is -0.150. The Morgan fingerprint density at radius 3 is 2.27 bits per heavy atom. The Bertz CT molecular complexity index is 88.1. The molecule has 1 fully saturated rings. The number of hydrogen-bond donors (Lipinski definition) is 1. The molecule has 0 aromatic carbocycles. The molecule has 0 bridgehead atoms. The van der Waals surface area contributed by atoms with Crippen molar-refractivity contribution >= 4 is 0 Å². The molecule has 1 N–H and O–H groups in total. The fourth-order valence-electron chi connectivity index (χ4n) is 1.22. The Labute approximate surface area is 68.8 Å². The second kappa shape index (κ2) is 5.49. The van der Waals surface area contributed by atoms with Gasteiger partial charge in [-0.1, -0.05) is 0 Å². The first-order valence-corrected chi connectivity index (χ1v) is 4.03. The van der Waals surface area contributed by atoms with Gasteiger partial charge in [0.25, 0.3) is 0 Å². The molecule has 2 unspecified atom stereocenters. The van der Waals surface area contributed by atoms with Gasteiger partial charge in [-0.2, -0.15) is 0 Å². The van der Waals surface area contributed by atoms with Crippen molar-refractivity contribution in [2.24, 2.45) is 0 Å². The summed E-state index contributed by atoms with van der Waals surface area (Å²) in [6.45, 7) is 6.82. The van der Waals surface area contributed by atoms with Crippen molar-refractivity contribution in [3.05, 3.63) is 0 Å². The maximum Gasteiger partial charge on any atom is 0.0785 e. The third kappa shape index (κ3) is 3.16. The Morgan fingerprint density at radius 2 is 1.91 bits per heavy atom. The van der Waals surface area contributed by atoms with E-state index in [9.17, 15) is 4.39 Å². The lowest BCUT2D eigenvalue weighted by Gasteiger charge is -2.35. The zero-order valence-corrected chi connectivity index (χ0v) is 7.89. The molecule has 2 nitrogen and oxygen atoms in total. The second-order valence-corrected chi connectivity index (χ2v) is 2.96. The number of piperazine rings is 1. The van der Waals surface area contributed by atoms with Crippen molar-refractivity contribution in [1.82, 2.24) is 10.2 Å². The lowest BCUT2D eigenvalue weighted by atomic mass is 10.1. The minimum atomic E-state index is 0.500. The van der Waals surface area contributed by atoms with Crippen LogP contribution < -0.4 is 5.32 Å². The van der Waals surface area contributed by atoms with Gasteiger partial charge >= 0.3 is 0 Å². The van der Waals surface area contributed by atoms with Crippen LogP contribution in [0.5, 0.6) is 0 Å². The molecule has 1 saturated heterocycles. The fourth-order valence-corrected chi connectivity index (χ4v) is 1.22. The van der Waals surface area contributed by atoms with Crippen LogP contribution in [0.15, 0.2) is 0 Å². The van der Waals surface area contributed by atoms with E-state index in [-0.39, 0.29) is 0 Å². The minimum Gasteiger partial charge on any atom is -0.311 e. The van der Waals surface area contributed by atoms with E-state index in [4.69, 9.17) is 0 Å². The predicted molar refractivity (Wildman–Crippen MR) is 46.6 cm³/mol. The van der Waals surface area contributed by atoms with E-state index < -0.39 is 0 Å². The molecule has 1 heterocycles. The molecule has 3 heteroatoms. The van der Waals surface area contributed by atoms with E-state index in [0.29, 0.717) is 19.3 Å². The topological polar surface area (TPSA) is 15.3 Å². The summed E-state index contributed by atoms with van der Waals surface area (Å²) in [5.74, 6) is 0. The first kappa shape index (κ1) is 10.8. The van der Waals surface area contributed by atoms with E-state index in [1.807, 2.05) is 0 Å². The largest absolute Gasteiger partial charge is 0.311 e. The number of hydrogen-bond acceptors (Lipinski definition) is 2. The molecule has 0 spiro atoms. The monoisotopic (exact) mass is 162 g/mol. The van der Waals surface area contributed by atoms with Crippen molar-refractivity contribution in [2.75, 3.05) is 27.3 Å². The van der Waals surface area contributed by atoms with E-state index in [0.717, 1.165) is 6.54 Å². The Kier molecular flexibility index (Phi) is 5.42. The van der Waals surface area contributed by atoms with Gasteiger partial charge < -0.3 is 10.2 Å². The highest BCUT2D eigenvalue weighted by atomic mass is 19.1. The maximum atomic E-state index is 9.50. The van der Waals surface area contributed by atoms with Gasteiger partial charge in [-0.15, -0.1) is 0 Å². The van der Waals surface area contributed by atoms with Gasteiger partial charge in [0.15, 0.2) is 0 Å². The molecule has 1 aliphatic rings. The number of halogens is 1. The first-order chi connectivity index (χ1) is 5.22. The van der Waals surface area contributed by atoms with Crippen LogP contribution in [0, 0.1) is 0 Å². The molecule has 0 saturated carbocycles. The summed E-state index contributed by atoms with van der Waals surface area (Å²) in [6.07, 6.45) is 0. The quantitative estimate of drug-likeness (QED) is 0.569. The highest BCUT2D eigenvalue weighted by Crippen LogP contribution is 2.04. The molecule has 0 amide bonds. The molecule has 1 aliphatic heterocycles. The van der Waals surface area contributed by atoms with Gasteiger partial charge in [0, 0.05) is 25.2 Å². The van der Waals surface area contributed by atoms with Crippen molar-refractivity contribution in [3.8, 4) is 0 Å². The molecule has 2 atom stereocenters. The molecule has 0 radical (unpaired) electrons. The summed E-state index contributed by atoms with van der Waals surface area (Å²) in [4.78, 5) is 2.39. The molecule has 11 heavy (non-hydrogen) atoms. The van der Waals surface area contributed by atoms with Gasteiger partial charge in [0.05, 0.1) is 7.18 Å². The number of nitrogens with one attached hydrogen (secondary N) is 1. The highest BCUT2D eigenvalue weighted by Gasteiger charge is 2.19. The summed E-state index contributed by atoms with van der Waals surface area (Å²) in [5, 5.41) is 3.42. The summed E-state index contributed by atoms with van der Waals surface area (Å²) in [5.41, 5.74) is 0. The van der Waals surface area contributed by atoms with Gasteiger partial charge in [-0.3, -0.25) is 4.39 Å². The second-order valence-electron chi connectivity index (χ2n) is 2.96. The molecule has 0 aliphatic carbocycles. The van der Waals surface area contributed by atoms with Gasteiger partial charge in [-0.25, -0.2) is 0 Å². The third-order valence-electron chi connectivity index (χ3n) is 2.35. The number of likely N-dealkylation sites (N-methyl/N-ethyl adjacent to an activating group) is 1.